The van der Waals surface area contributed by atoms with Crippen LogP contribution in [0.4, 0.5) is 4.39 Å². The average molecular weight is 417 g/mol. The van der Waals surface area contributed by atoms with Crippen molar-refractivity contribution in [2.24, 2.45) is 23.2 Å². The number of ether oxygens (including phenoxy) is 1. The lowest BCUT2D eigenvalue weighted by Gasteiger charge is -2.55. The summed E-state index contributed by atoms with van der Waals surface area (Å²) in [5, 5.41) is 8.42. The summed E-state index contributed by atoms with van der Waals surface area (Å²) < 4.78 is 25.0. The summed E-state index contributed by atoms with van der Waals surface area (Å²) >= 11 is 1.31. The van der Waals surface area contributed by atoms with E-state index in [2.05, 4.69) is 10.2 Å². The summed E-state index contributed by atoms with van der Waals surface area (Å²) in [5.74, 6) is 2.95. The third-order valence-electron chi connectivity index (χ3n) is 6.87. The maximum atomic E-state index is 13.8. The fourth-order valence-electron chi connectivity index (χ4n) is 5.96. The van der Waals surface area contributed by atoms with Gasteiger partial charge in [0, 0.05) is 5.41 Å². The molecule has 4 fully saturated rings. The Hall–Kier alpha value is -1.89. The first-order valence-electron chi connectivity index (χ1n) is 10.4. The van der Waals surface area contributed by atoms with Crippen molar-refractivity contribution >= 4 is 17.5 Å². The van der Waals surface area contributed by atoms with Crippen LogP contribution in [-0.4, -0.2) is 21.7 Å². The van der Waals surface area contributed by atoms with Crippen LogP contribution in [-0.2, 0) is 4.79 Å². The van der Waals surface area contributed by atoms with Gasteiger partial charge in [-0.05, 0) is 75.3 Å². The molecule has 1 heterocycles. The van der Waals surface area contributed by atoms with E-state index in [0.29, 0.717) is 16.8 Å². The van der Waals surface area contributed by atoms with Gasteiger partial charge in [-0.15, -0.1) is 10.2 Å². The molecule has 0 aliphatic heterocycles. The van der Waals surface area contributed by atoms with Gasteiger partial charge in [-0.25, -0.2) is 4.39 Å². The number of nitrogens with zero attached hydrogens (tertiary/aromatic N) is 2. The van der Waals surface area contributed by atoms with E-state index in [-0.39, 0.29) is 17.1 Å². The maximum Gasteiger partial charge on any atom is 0.277 e. The number of benzene rings is 1. The van der Waals surface area contributed by atoms with Crippen LogP contribution < -0.4 is 4.74 Å². The van der Waals surface area contributed by atoms with Gasteiger partial charge in [-0.2, -0.15) is 0 Å². The summed E-state index contributed by atoms with van der Waals surface area (Å²) in [6.07, 6.45) is 6.61. The molecule has 1 atom stereocenters. The molecule has 0 radical (unpaired) electrons. The maximum absolute atomic E-state index is 13.8. The molecule has 154 valence electrons. The van der Waals surface area contributed by atoms with Gasteiger partial charge in [-0.3, -0.25) is 4.79 Å². The second-order valence-electron chi connectivity index (χ2n) is 9.01. The smallest absolute Gasteiger partial charge is 0.277 e. The highest BCUT2D eigenvalue weighted by Gasteiger charge is 2.54. The summed E-state index contributed by atoms with van der Waals surface area (Å²) in [6.45, 7) is 1.73. The van der Waals surface area contributed by atoms with Crippen LogP contribution in [0.25, 0.3) is 0 Å². The number of carbonyl (C=O) groups is 1. The topological polar surface area (TPSA) is 65.2 Å². The minimum Gasteiger partial charge on any atom is -0.478 e. The Labute approximate surface area is 173 Å². The molecule has 1 aromatic carbocycles. The molecular formula is C22H25FN2O3S. The number of halogens is 1. The second-order valence-corrected chi connectivity index (χ2v) is 9.93. The number of rotatable bonds is 7. The molecule has 2 aromatic rings. The summed E-state index contributed by atoms with van der Waals surface area (Å²) in [4.78, 5) is 13.1. The molecule has 4 bridgehead atoms. The van der Waals surface area contributed by atoms with E-state index >= 15 is 0 Å². The molecule has 4 aliphatic carbocycles. The predicted molar refractivity (Wildman–Crippen MR) is 106 cm³/mol. The first kappa shape index (κ1) is 19.1. The zero-order valence-corrected chi connectivity index (χ0v) is 17.3. The van der Waals surface area contributed by atoms with Gasteiger partial charge < -0.3 is 9.15 Å². The number of para-hydroxylation sites is 1. The zero-order valence-electron chi connectivity index (χ0n) is 16.5. The van der Waals surface area contributed by atoms with Gasteiger partial charge in [0.05, 0.1) is 5.75 Å². The van der Waals surface area contributed by atoms with Crippen molar-refractivity contribution in [2.75, 3.05) is 5.75 Å². The predicted octanol–water partition coefficient (Wildman–Crippen LogP) is 5.23. The SMILES string of the molecule is C[C@H](Oc1ccccc1F)c1nnc(SCC(=O)C23CC4CC(CC(C4)C2)C3)o1. The minimum absolute atomic E-state index is 0.105. The first-order valence-corrected chi connectivity index (χ1v) is 11.4. The Morgan fingerprint density at radius 2 is 1.86 bits per heavy atom. The van der Waals surface area contributed by atoms with Crippen LogP contribution in [0.3, 0.4) is 0 Å². The second kappa shape index (κ2) is 7.42. The lowest BCUT2D eigenvalue weighted by Crippen LogP contribution is -2.50. The van der Waals surface area contributed by atoms with Crippen molar-refractivity contribution in [3.63, 3.8) is 0 Å². The van der Waals surface area contributed by atoms with Crippen LogP contribution in [0.1, 0.15) is 57.4 Å². The lowest BCUT2D eigenvalue weighted by molar-refractivity contribution is -0.141. The van der Waals surface area contributed by atoms with Crippen molar-refractivity contribution in [3.05, 3.63) is 36.0 Å². The van der Waals surface area contributed by atoms with E-state index in [1.165, 1.54) is 37.1 Å². The van der Waals surface area contributed by atoms with E-state index in [4.69, 9.17) is 9.15 Å². The first-order chi connectivity index (χ1) is 14.0. The summed E-state index contributed by atoms with van der Waals surface area (Å²) in [7, 11) is 0. The lowest BCUT2D eigenvalue weighted by atomic mass is 9.48. The number of aromatic nitrogens is 2. The molecule has 0 N–H and O–H groups in total. The van der Waals surface area contributed by atoms with E-state index in [9.17, 15) is 9.18 Å². The molecule has 4 saturated carbocycles. The highest BCUT2D eigenvalue weighted by molar-refractivity contribution is 7.99. The van der Waals surface area contributed by atoms with Gasteiger partial charge in [0.2, 0.25) is 0 Å². The van der Waals surface area contributed by atoms with Gasteiger partial charge in [0.15, 0.2) is 17.7 Å². The van der Waals surface area contributed by atoms with Gasteiger partial charge in [-0.1, -0.05) is 23.9 Å². The number of hydrogen-bond acceptors (Lipinski definition) is 6. The molecule has 1 aromatic heterocycles. The fourth-order valence-corrected chi connectivity index (χ4v) is 6.76. The number of Topliss-reactive ketones (excluding diaryl/α,β-unsaturated/α-hetero) is 1. The molecule has 5 nitrogen and oxygen atoms in total. The monoisotopic (exact) mass is 416 g/mol. The number of carbonyl (C=O) groups excluding carboxylic acids is 1. The van der Waals surface area contributed by atoms with Crippen LogP contribution in [0.5, 0.6) is 5.75 Å². The highest BCUT2D eigenvalue weighted by Crippen LogP contribution is 2.60. The van der Waals surface area contributed by atoms with Crippen LogP contribution >= 0.6 is 11.8 Å². The van der Waals surface area contributed by atoms with Crippen molar-refractivity contribution in [2.45, 2.75) is 56.8 Å². The molecule has 29 heavy (non-hydrogen) atoms. The average Bonchev–Trinajstić information content (AvgIpc) is 3.16. The molecule has 0 spiro atoms. The fraction of sp³-hybridized carbons (Fsp3) is 0.591. The third kappa shape index (κ3) is 3.69. The van der Waals surface area contributed by atoms with Crippen molar-refractivity contribution in [3.8, 4) is 5.75 Å². The van der Waals surface area contributed by atoms with Gasteiger partial charge in [0.1, 0.15) is 5.78 Å². The van der Waals surface area contributed by atoms with Crippen molar-refractivity contribution in [1.82, 2.24) is 10.2 Å². The number of ketones is 1. The Morgan fingerprint density at radius 1 is 1.21 bits per heavy atom. The Bertz CT molecular complexity index is 880. The highest BCUT2D eigenvalue weighted by atomic mass is 32.2. The van der Waals surface area contributed by atoms with E-state index in [1.807, 2.05) is 0 Å². The molecule has 6 rings (SSSR count). The van der Waals surface area contributed by atoms with Crippen molar-refractivity contribution in [1.29, 1.82) is 0 Å². The summed E-state index contributed by atoms with van der Waals surface area (Å²) in [5.41, 5.74) is -0.105. The number of thioether (sulfide) groups is 1. The molecule has 4 aliphatic rings. The molecular weight excluding hydrogens is 391 g/mol. The van der Waals surface area contributed by atoms with Gasteiger partial charge in [0.25, 0.3) is 11.1 Å². The van der Waals surface area contributed by atoms with Crippen LogP contribution in [0.2, 0.25) is 0 Å². The van der Waals surface area contributed by atoms with E-state index in [1.54, 1.807) is 25.1 Å². The molecule has 0 amide bonds. The van der Waals surface area contributed by atoms with Crippen molar-refractivity contribution < 1.29 is 18.3 Å². The Balaban J connectivity index is 1.20. The quantitative estimate of drug-likeness (QED) is 0.576. The largest absolute Gasteiger partial charge is 0.478 e. The molecule has 7 heteroatoms. The zero-order chi connectivity index (χ0) is 20.0. The van der Waals surface area contributed by atoms with Crippen LogP contribution in [0, 0.1) is 29.0 Å². The van der Waals surface area contributed by atoms with E-state index in [0.717, 1.165) is 37.0 Å². The molecule has 0 unspecified atom stereocenters. The van der Waals surface area contributed by atoms with Gasteiger partial charge >= 0.3 is 0 Å². The number of hydrogen-bond donors (Lipinski definition) is 0. The third-order valence-corrected chi connectivity index (χ3v) is 7.69. The standard InChI is InChI=1S/C22H25FN2O3S/c1-13(27-18-5-3-2-4-17(18)23)20-24-25-21(28-20)29-12-19(26)22-9-14-6-15(10-22)8-16(7-14)11-22/h2-5,13-16H,6-12H2,1H3/t13-,14?,15?,16?,22?/m0/s1. The summed E-state index contributed by atoms with van der Waals surface area (Å²) in [6, 6.07) is 6.21. The Kier molecular flexibility index (Phi) is 4.88. The normalized spacial score (nSPS) is 31.0. The minimum atomic E-state index is -0.576. The van der Waals surface area contributed by atoms with Crippen LogP contribution in [0.15, 0.2) is 33.9 Å². The molecule has 0 saturated heterocycles. The van der Waals surface area contributed by atoms with E-state index < -0.39 is 11.9 Å². The Morgan fingerprint density at radius 3 is 2.52 bits per heavy atom.